The molecule has 0 bridgehead atoms. The number of likely N-dealkylation sites (N-methyl/N-ethyl adjacent to an activating group) is 1. The molecular formula is C23H33FN6O. The molecule has 2 N–H and O–H groups in total. The van der Waals surface area contributed by atoms with Crippen LogP contribution in [0.15, 0.2) is 47.6 Å². The highest BCUT2D eigenvalue weighted by molar-refractivity contribution is 5.79. The summed E-state index contributed by atoms with van der Waals surface area (Å²) in [5.74, 6) is 2.12. The fraction of sp³-hybridized carbons (Fsp3) is 0.478. The van der Waals surface area contributed by atoms with Gasteiger partial charge < -0.3 is 25.2 Å². The number of hydrogen-bond acceptors (Lipinski definition) is 5. The van der Waals surface area contributed by atoms with Gasteiger partial charge >= 0.3 is 0 Å². The van der Waals surface area contributed by atoms with Gasteiger partial charge in [-0.3, -0.25) is 0 Å². The number of aliphatic imine (C=N–C) groups is 1. The SMILES string of the molecule is CCNC(=NCc1ccc(N2CCN(C)CC2)nc1)NCC(C)Oc1ccc(F)cc1. The first-order valence-electron chi connectivity index (χ1n) is 10.9. The Morgan fingerprint density at radius 3 is 2.52 bits per heavy atom. The van der Waals surface area contributed by atoms with Crippen LogP contribution in [-0.2, 0) is 6.54 Å². The lowest BCUT2D eigenvalue weighted by atomic mass is 10.2. The first kappa shape index (κ1) is 22.8. The molecule has 1 aliphatic heterocycles. The minimum Gasteiger partial charge on any atom is -0.489 e. The fourth-order valence-corrected chi connectivity index (χ4v) is 3.27. The molecule has 1 aromatic heterocycles. The minimum atomic E-state index is -0.272. The molecule has 3 rings (SSSR count). The molecular weight excluding hydrogens is 395 g/mol. The molecule has 0 aliphatic carbocycles. The number of benzene rings is 1. The molecule has 2 aromatic rings. The summed E-state index contributed by atoms with van der Waals surface area (Å²) in [6.45, 7) is 10.0. The van der Waals surface area contributed by atoms with E-state index in [9.17, 15) is 4.39 Å². The molecule has 1 fully saturated rings. The van der Waals surface area contributed by atoms with Gasteiger partial charge in [0.25, 0.3) is 0 Å². The van der Waals surface area contributed by atoms with Crippen LogP contribution >= 0.6 is 0 Å². The highest BCUT2D eigenvalue weighted by Gasteiger charge is 2.15. The highest BCUT2D eigenvalue weighted by atomic mass is 19.1. The van der Waals surface area contributed by atoms with E-state index in [0.717, 1.165) is 50.1 Å². The molecule has 1 aliphatic rings. The Labute approximate surface area is 184 Å². The predicted molar refractivity (Wildman–Crippen MR) is 123 cm³/mol. The number of pyridine rings is 1. The van der Waals surface area contributed by atoms with Crippen molar-refractivity contribution in [2.75, 3.05) is 51.2 Å². The van der Waals surface area contributed by atoms with E-state index >= 15 is 0 Å². The third-order valence-corrected chi connectivity index (χ3v) is 5.11. The summed E-state index contributed by atoms with van der Waals surface area (Å²) >= 11 is 0. The van der Waals surface area contributed by atoms with Gasteiger partial charge in [-0.25, -0.2) is 14.4 Å². The van der Waals surface area contributed by atoms with Crippen molar-refractivity contribution in [2.45, 2.75) is 26.5 Å². The zero-order valence-electron chi connectivity index (χ0n) is 18.6. The van der Waals surface area contributed by atoms with Gasteiger partial charge in [-0.05, 0) is 56.8 Å². The van der Waals surface area contributed by atoms with Crippen molar-refractivity contribution in [1.29, 1.82) is 0 Å². The monoisotopic (exact) mass is 428 g/mol. The molecule has 31 heavy (non-hydrogen) atoms. The Kier molecular flexibility index (Phi) is 8.46. The highest BCUT2D eigenvalue weighted by Crippen LogP contribution is 2.14. The van der Waals surface area contributed by atoms with Gasteiger partial charge in [-0.1, -0.05) is 6.07 Å². The number of nitrogens with one attached hydrogen (secondary N) is 2. The fourth-order valence-electron chi connectivity index (χ4n) is 3.27. The van der Waals surface area contributed by atoms with Gasteiger partial charge in [0, 0.05) is 38.9 Å². The van der Waals surface area contributed by atoms with E-state index in [1.165, 1.54) is 12.1 Å². The Bertz CT molecular complexity index is 819. The number of hydrogen-bond donors (Lipinski definition) is 2. The molecule has 7 nitrogen and oxygen atoms in total. The molecule has 0 amide bonds. The largest absolute Gasteiger partial charge is 0.489 e. The summed E-state index contributed by atoms with van der Waals surface area (Å²) in [5.41, 5.74) is 1.06. The van der Waals surface area contributed by atoms with E-state index in [1.54, 1.807) is 12.1 Å². The maximum absolute atomic E-state index is 13.0. The standard InChI is InChI=1S/C23H33FN6O/c1-4-25-23(27-15-18(2)31-21-8-6-20(24)7-9-21)28-17-19-5-10-22(26-16-19)30-13-11-29(3)12-14-30/h5-10,16,18H,4,11-15,17H2,1-3H3,(H2,25,27,28). The number of rotatable bonds is 8. The average Bonchev–Trinajstić information content (AvgIpc) is 2.78. The molecule has 0 spiro atoms. The number of aromatic nitrogens is 1. The van der Waals surface area contributed by atoms with Crippen molar-refractivity contribution in [2.24, 2.45) is 4.99 Å². The minimum absolute atomic E-state index is 0.0983. The van der Waals surface area contributed by atoms with Crippen molar-refractivity contribution < 1.29 is 9.13 Å². The van der Waals surface area contributed by atoms with Gasteiger partial charge in [0.15, 0.2) is 5.96 Å². The lowest BCUT2D eigenvalue weighted by Crippen LogP contribution is -2.44. The molecule has 1 atom stereocenters. The third-order valence-electron chi connectivity index (χ3n) is 5.11. The van der Waals surface area contributed by atoms with Crippen LogP contribution < -0.4 is 20.3 Å². The van der Waals surface area contributed by atoms with E-state index in [4.69, 9.17) is 4.74 Å². The lowest BCUT2D eigenvalue weighted by molar-refractivity contribution is 0.223. The van der Waals surface area contributed by atoms with Crippen molar-refractivity contribution in [1.82, 2.24) is 20.5 Å². The van der Waals surface area contributed by atoms with Gasteiger partial charge in [0.2, 0.25) is 0 Å². The molecule has 1 saturated heterocycles. The van der Waals surface area contributed by atoms with Crippen LogP contribution in [0.25, 0.3) is 0 Å². The van der Waals surface area contributed by atoms with Crippen LogP contribution in [0, 0.1) is 5.82 Å². The Morgan fingerprint density at radius 1 is 1.13 bits per heavy atom. The maximum Gasteiger partial charge on any atom is 0.191 e. The first-order chi connectivity index (χ1) is 15.0. The average molecular weight is 429 g/mol. The maximum atomic E-state index is 13.0. The molecule has 1 aromatic carbocycles. The first-order valence-corrected chi connectivity index (χ1v) is 10.9. The number of piperazine rings is 1. The van der Waals surface area contributed by atoms with Crippen LogP contribution in [0.4, 0.5) is 10.2 Å². The smallest absolute Gasteiger partial charge is 0.191 e. The second-order valence-electron chi connectivity index (χ2n) is 7.77. The topological polar surface area (TPSA) is 65.0 Å². The number of nitrogens with zero attached hydrogens (tertiary/aromatic N) is 4. The molecule has 2 heterocycles. The van der Waals surface area contributed by atoms with Crippen molar-refractivity contribution >= 4 is 11.8 Å². The van der Waals surface area contributed by atoms with Gasteiger partial charge in [0.05, 0.1) is 13.1 Å². The summed E-state index contributed by atoms with van der Waals surface area (Å²) in [7, 11) is 2.15. The van der Waals surface area contributed by atoms with Gasteiger partial charge in [0.1, 0.15) is 23.5 Å². The van der Waals surface area contributed by atoms with Crippen LogP contribution in [0.5, 0.6) is 5.75 Å². The lowest BCUT2D eigenvalue weighted by Gasteiger charge is -2.33. The second-order valence-corrected chi connectivity index (χ2v) is 7.77. The zero-order valence-corrected chi connectivity index (χ0v) is 18.6. The third kappa shape index (κ3) is 7.40. The van der Waals surface area contributed by atoms with E-state index in [0.29, 0.717) is 18.8 Å². The molecule has 168 valence electrons. The van der Waals surface area contributed by atoms with Crippen molar-refractivity contribution in [3.63, 3.8) is 0 Å². The zero-order chi connectivity index (χ0) is 22.1. The number of anilines is 1. The van der Waals surface area contributed by atoms with Crippen LogP contribution in [0.3, 0.4) is 0 Å². The van der Waals surface area contributed by atoms with E-state index in [-0.39, 0.29) is 11.9 Å². The van der Waals surface area contributed by atoms with Crippen molar-refractivity contribution in [3.8, 4) is 5.75 Å². The summed E-state index contributed by atoms with van der Waals surface area (Å²) in [5, 5.41) is 6.54. The molecule has 0 radical (unpaired) electrons. The Balaban J connectivity index is 1.49. The Hall–Kier alpha value is -2.87. The van der Waals surface area contributed by atoms with Crippen LogP contribution in [0.2, 0.25) is 0 Å². The quantitative estimate of drug-likeness (QED) is 0.498. The molecule has 1 unspecified atom stereocenters. The summed E-state index contributed by atoms with van der Waals surface area (Å²) in [4.78, 5) is 13.9. The van der Waals surface area contributed by atoms with Gasteiger partial charge in [-0.15, -0.1) is 0 Å². The summed E-state index contributed by atoms with van der Waals surface area (Å²) < 4.78 is 18.8. The molecule has 0 saturated carbocycles. The number of guanidine groups is 1. The number of halogens is 1. The van der Waals surface area contributed by atoms with Crippen LogP contribution in [-0.4, -0.2) is 68.3 Å². The van der Waals surface area contributed by atoms with E-state index in [2.05, 4.69) is 49.6 Å². The molecule has 8 heteroatoms. The summed E-state index contributed by atoms with van der Waals surface area (Å²) in [6, 6.07) is 10.2. The predicted octanol–water partition coefficient (Wildman–Crippen LogP) is 2.50. The van der Waals surface area contributed by atoms with E-state index < -0.39 is 0 Å². The van der Waals surface area contributed by atoms with Gasteiger partial charge in [-0.2, -0.15) is 0 Å². The normalized spacial score (nSPS) is 16.1. The van der Waals surface area contributed by atoms with E-state index in [1.807, 2.05) is 20.0 Å². The van der Waals surface area contributed by atoms with Crippen LogP contribution in [0.1, 0.15) is 19.4 Å². The van der Waals surface area contributed by atoms with Crippen molar-refractivity contribution in [3.05, 3.63) is 54.0 Å². The second kappa shape index (κ2) is 11.5. The Morgan fingerprint density at radius 2 is 1.87 bits per heavy atom. The summed E-state index contributed by atoms with van der Waals surface area (Å²) in [6.07, 6.45) is 1.81. The number of ether oxygens (including phenoxy) is 1.